The van der Waals surface area contributed by atoms with E-state index in [-0.39, 0.29) is 12.6 Å². The highest BCUT2D eigenvalue weighted by Gasteiger charge is 2.29. The Hall–Kier alpha value is -0.160. The summed E-state index contributed by atoms with van der Waals surface area (Å²) in [5.74, 6) is 0.647. The molecule has 0 bridgehead atoms. The quantitative estimate of drug-likeness (QED) is 0.722. The number of aliphatic hydroxyl groups excluding tert-OH is 1. The first-order valence-corrected chi connectivity index (χ1v) is 6.64. The molecule has 1 aliphatic rings. The lowest BCUT2D eigenvalue weighted by Gasteiger charge is -2.41. The van der Waals surface area contributed by atoms with E-state index in [9.17, 15) is 0 Å². The second-order valence-corrected chi connectivity index (χ2v) is 5.44. The van der Waals surface area contributed by atoms with Crippen LogP contribution < -0.4 is 5.32 Å². The van der Waals surface area contributed by atoms with E-state index in [1.807, 2.05) is 0 Å². The van der Waals surface area contributed by atoms with E-state index >= 15 is 0 Å². The molecule has 1 aliphatic heterocycles. The van der Waals surface area contributed by atoms with Crippen molar-refractivity contribution in [1.29, 1.82) is 0 Å². The van der Waals surface area contributed by atoms with Crippen LogP contribution in [-0.2, 0) is 4.74 Å². The van der Waals surface area contributed by atoms with E-state index < -0.39 is 0 Å². The van der Waals surface area contributed by atoms with Gasteiger partial charge in [0.1, 0.15) is 0 Å². The van der Waals surface area contributed by atoms with Crippen molar-refractivity contribution in [2.75, 3.05) is 33.9 Å². The SMILES string of the molecule is COCC(CCO)NC1CC(C)N(C)CC1C. The van der Waals surface area contributed by atoms with Gasteiger partial charge in [0.25, 0.3) is 0 Å². The first kappa shape index (κ1) is 14.9. The highest BCUT2D eigenvalue weighted by molar-refractivity contribution is 4.88. The average Bonchev–Trinajstić information content (AvgIpc) is 2.26. The highest BCUT2D eigenvalue weighted by atomic mass is 16.5. The van der Waals surface area contributed by atoms with Crippen LogP contribution in [0.1, 0.15) is 26.7 Å². The number of rotatable bonds is 6. The molecule has 4 heteroatoms. The summed E-state index contributed by atoms with van der Waals surface area (Å²) in [4.78, 5) is 2.42. The predicted molar refractivity (Wildman–Crippen MR) is 70.2 cm³/mol. The van der Waals surface area contributed by atoms with Crippen molar-refractivity contribution in [3.05, 3.63) is 0 Å². The zero-order chi connectivity index (χ0) is 12.8. The molecule has 2 N–H and O–H groups in total. The summed E-state index contributed by atoms with van der Waals surface area (Å²) in [6.07, 6.45) is 1.94. The van der Waals surface area contributed by atoms with Gasteiger partial charge in [-0.05, 0) is 32.7 Å². The van der Waals surface area contributed by atoms with Crippen LogP contribution >= 0.6 is 0 Å². The summed E-state index contributed by atoms with van der Waals surface area (Å²) < 4.78 is 5.20. The van der Waals surface area contributed by atoms with Crippen molar-refractivity contribution in [2.24, 2.45) is 5.92 Å². The molecule has 1 rings (SSSR count). The minimum absolute atomic E-state index is 0.220. The van der Waals surface area contributed by atoms with Crippen molar-refractivity contribution in [2.45, 2.75) is 44.8 Å². The van der Waals surface area contributed by atoms with Gasteiger partial charge in [-0.3, -0.25) is 0 Å². The third-order valence-corrected chi connectivity index (χ3v) is 3.91. The molecular formula is C13H28N2O2. The Labute approximate surface area is 105 Å². The van der Waals surface area contributed by atoms with Crippen molar-refractivity contribution in [3.8, 4) is 0 Å². The highest BCUT2D eigenvalue weighted by Crippen LogP contribution is 2.21. The fourth-order valence-electron chi connectivity index (χ4n) is 2.65. The minimum atomic E-state index is 0.220. The van der Waals surface area contributed by atoms with Gasteiger partial charge < -0.3 is 20.1 Å². The molecule has 0 radical (unpaired) electrons. The van der Waals surface area contributed by atoms with Crippen molar-refractivity contribution < 1.29 is 9.84 Å². The fraction of sp³-hybridized carbons (Fsp3) is 1.00. The molecule has 1 saturated heterocycles. The van der Waals surface area contributed by atoms with Gasteiger partial charge in [-0.1, -0.05) is 6.92 Å². The molecule has 0 aromatic heterocycles. The number of nitrogens with zero attached hydrogens (tertiary/aromatic N) is 1. The molecular weight excluding hydrogens is 216 g/mol. The monoisotopic (exact) mass is 244 g/mol. The number of nitrogens with one attached hydrogen (secondary N) is 1. The summed E-state index contributed by atoms with van der Waals surface area (Å²) in [6.45, 7) is 6.60. The van der Waals surface area contributed by atoms with Crippen LogP contribution in [0.2, 0.25) is 0 Å². The summed E-state index contributed by atoms with van der Waals surface area (Å²) in [5.41, 5.74) is 0. The molecule has 4 nitrogen and oxygen atoms in total. The normalized spacial score (nSPS) is 32.6. The topological polar surface area (TPSA) is 44.7 Å². The maximum atomic E-state index is 9.05. The fourth-order valence-corrected chi connectivity index (χ4v) is 2.65. The smallest absolute Gasteiger partial charge is 0.0616 e. The van der Waals surface area contributed by atoms with Crippen LogP contribution in [-0.4, -0.2) is 62.0 Å². The lowest BCUT2D eigenvalue weighted by atomic mass is 9.89. The Balaban J connectivity index is 2.47. The molecule has 0 amide bonds. The third kappa shape index (κ3) is 4.54. The summed E-state index contributed by atoms with van der Waals surface area (Å²) in [7, 11) is 3.91. The van der Waals surface area contributed by atoms with E-state index in [1.54, 1.807) is 7.11 Å². The number of hydrogen-bond donors (Lipinski definition) is 2. The number of ether oxygens (including phenoxy) is 1. The molecule has 102 valence electrons. The van der Waals surface area contributed by atoms with Crippen LogP contribution in [0.5, 0.6) is 0 Å². The Morgan fingerprint density at radius 1 is 1.47 bits per heavy atom. The second-order valence-electron chi connectivity index (χ2n) is 5.44. The van der Waals surface area contributed by atoms with Gasteiger partial charge in [-0.15, -0.1) is 0 Å². The van der Waals surface area contributed by atoms with Crippen LogP contribution in [0.4, 0.5) is 0 Å². The lowest BCUT2D eigenvalue weighted by Crippen LogP contribution is -2.54. The van der Waals surface area contributed by atoms with Crippen LogP contribution in [0.25, 0.3) is 0 Å². The first-order valence-electron chi connectivity index (χ1n) is 6.64. The van der Waals surface area contributed by atoms with Gasteiger partial charge in [0, 0.05) is 38.4 Å². The van der Waals surface area contributed by atoms with Gasteiger partial charge in [-0.25, -0.2) is 0 Å². The summed E-state index contributed by atoms with van der Waals surface area (Å²) in [5, 5.41) is 12.7. The van der Waals surface area contributed by atoms with E-state index in [2.05, 4.69) is 31.1 Å². The minimum Gasteiger partial charge on any atom is -0.396 e. The lowest BCUT2D eigenvalue weighted by molar-refractivity contribution is 0.0912. The molecule has 4 atom stereocenters. The number of methoxy groups -OCH3 is 1. The zero-order valence-electron chi connectivity index (χ0n) is 11.6. The van der Waals surface area contributed by atoms with Crippen molar-refractivity contribution in [1.82, 2.24) is 10.2 Å². The molecule has 1 fully saturated rings. The van der Waals surface area contributed by atoms with Crippen molar-refractivity contribution in [3.63, 3.8) is 0 Å². The zero-order valence-corrected chi connectivity index (χ0v) is 11.6. The van der Waals surface area contributed by atoms with Gasteiger partial charge in [-0.2, -0.15) is 0 Å². The molecule has 4 unspecified atom stereocenters. The molecule has 0 aliphatic carbocycles. The number of hydrogen-bond acceptors (Lipinski definition) is 4. The van der Waals surface area contributed by atoms with E-state index in [0.29, 0.717) is 24.6 Å². The maximum Gasteiger partial charge on any atom is 0.0616 e. The van der Waals surface area contributed by atoms with Gasteiger partial charge in [0.05, 0.1) is 6.61 Å². The largest absolute Gasteiger partial charge is 0.396 e. The number of aliphatic hydroxyl groups is 1. The predicted octanol–water partition coefficient (Wildman–Crippen LogP) is 0.702. The van der Waals surface area contributed by atoms with E-state index in [1.165, 1.54) is 6.42 Å². The van der Waals surface area contributed by atoms with Gasteiger partial charge in [0.15, 0.2) is 0 Å². The molecule has 0 aromatic rings. The molecule has 0 spiro atoms. The maximum absolute atomic E-state index is 9.05. The van der Waals surface area contributed by atoms with E-state index in [4.69, 9.17) is 9.84 Å². The average molecular weight is 244 g/mol. The standard InChI is InChI=1S/C13H28N2O2/c1-10-8-15(3)11(2)7-13(10)14-12(5-6-16)9-17-4/h10-14,16H,5-9H2,1-4H3. The molecule has 1 heterocycles. The Kier molecular flexibility index (Phi) is 6.41. The Bertz CT molecular complexity index is 208. The first-order chi connectivity index (χ1) is 8.08. The molecule has 17 heavy (non-hydrogen) atoms. The second kappa shape index (κ2) is 7.31. The third-order valence-electron chi connectivity index (χ3n) is 3.91. The number of likely N-dealkylation sites (tertiary alicyclic amines) is 1. The van der Waals surface area contributed by atoms with E-state index in [0.717, 1.165) is 13.0 Å². The van der Waals surface area contributed by atoms with Gasteiger partial charge >= 0.3 is 0 Å². The molecule has 0 aromatic carbocycles. The number of piperidine rings is 1. The Morgan fingerprint density at radius 2 is 2.18 bits per heavy atom. The van der Waals surface area contributed by atoms with Crippen LogP contribution in [0, 0.1) is 5.92 Å². The Morgan fingerprint density at radius 3 is 2.76 bits per heavy atom. The van der Waals surface area contributed by atoms with Crippen molar-refractivity contribution >= 4 is 0 Å². The molecule has 0 saturated carbocycles. The van der Waals surface area contributed by atoms with Crippen LogP contribution in [0.3, 0.4) is 0 Å². The summed E-state index contributed by atoms with van der Waals surface area (Å²) >= 11 is 0. The summed E-state index contributed by atoms with van der Waals surface area (Å²) in [6, 6.07) is 1.43. The van der Waals surface area contributed by atoms with Crippen LogP contribution in [0.15, 0.2) is 0 Å². The van der Waals surface area contributed by atoms with Gasteiger partial charge in [0.2, 0.25) is 0 Å².